The van der Waals surface area contributed by atoms with E-state index in [1.165, 1.54) is 15.6 Å². The Labute approximate surface area is 120 Å². The molecular formula is C11H12ClNO2S3. The van der Waals surface area contributed by atoms with E-state index in [9.17, 15) is 8.42 Å². The van der Waals surface area contributed by atoms with Gasteiger partial charge in [-0.3, -0.25) is 0 Å². The zero-order valence-electron chi connectivity index (χ0n) is 9.67. The number of hydrogen-bond donors (Lipinski definition) is 0. The highest BCUT2D eigenvalue weighted by Crippen LogP contribution is 2.26. The fraction of sp³-hybridized carbons (Fsp3) is 0.273. The molecule has 0 radical (unpaired) electrons. The number of hydrogen-bond acceptors (Lipinski definition) is 4. The van der Waals surface area contributed by atoms with Gasteiger partial charge in [0.15, 0.2) is 0 Å². The minimum atomic E-state index is -3.41. The number of thiophene rings is 2. The fourth-order valence-electron chi connectivity index (χ4n) is 1.45. The summed E-state index contributed by atoms with van der Waals surface area (Å²) in [5.74, 6) is 0.342. The fourth-order valence-corrected chi connectivity index (χ4v) is 4.93. The van der Waals surface area contributed by atoms with Crippen LogP contribution >= 0.6 is 34.3 Å². The number of sulfonamides is 1. The van der Waals surface area contributed by atoms with Crippen molar-refractivity contribution in [1.29, 1.82) is 0 Å². The first-order valence-electron chi connectivity index (χ1n) is 5.16. The van der Waals surface area contributed by atoms with Crippen molar-refractivity contribution in [3.63, 3.8) is 0 Å². The molecule has 98 valence electrons. The summed E-state index contributed by atoms with van der Waals surface area (Å²) in [7, 11) is -1.82. The van der Waals surface area contributed by atoms with Crippen LogP contribution in [0.5, 0.6) is 0 Å². The molecule has 0 spiro atoms. The normalized spacial score (nSPS) is 12.2. The lowest BCUT2D eigenvalue weighted by molar-refractivity contribution is 0.469. The van der Waals surface area contributed by atoms with Crippen molar-refractivity contribution in [2.24, 2.45) is 0 Å². The van der Waals surface area contributed by atoms with E-state index < -0.39 is 10.0 Å². The summed E-state index contributed by atoms with van der Waals surface area (Å²) in [4.78, 5) is 0.860. The van der Waals surface area contributed by atoms with Crippen molar-refractivity contribution in [1.82, 2.24) is 4.31 Å². The molecule has 0 atom stereocenters. The summed E-state index contributed by atoms with van der Waals surface area (Å²) in [5, 5.41) is 3.89. The Hall–Kier alpha value is -0.400. The molecule has 2 heterocycles. The Morgan fingerprint density at radius 2 is 2.11 bits per heavy atom. The van der Waals surface area contributed by atoms with Crippen LogP contribution < -0.4 is 0 Å². The second kappa shape index (κ2) is 5.71. The Balaban J connectivity index is 2.19. The van der Waals surface area contributed by atoms with Crippen LogP contribution in [0.15, 0.2) is 33.2 Å². The maximum absolute atomic E-state index is 12.3. The van der Waals surface area contributed by atoms with Crippen LogP contribution in [0.1, 0.15) is 10.4 Å². The lowest BCUT2D eigenvalue weighted by atomic mass is 10.3. The summed E-state index contributed by atoms with van der Waals surface area (Å²) in [5.41, 5.74) is 1.00. The Morgan fingerprint density at radius 3 is 2.67 bits per heavy atom. The molecule has 7 heteroatoms. The van der Waals surface area contributed by atoms with Crippen molar-refractivity contribution in [3.05, 3.63) is 39.4 Å². The third-order valence-corrected chi connectivity index (χ3v) is 6.95. The molecule has 3 nitrogen and oxygen atoms in total. The van der Waals surface area contributed by atoms with Gasteiger partial charge in [-0.2, -0.15) is 15.6 Å². The minimum absolute atomic E-state index is 0.342. The second-order valence-corrected chi connectivity index (χ2v) is 8.23. The molecule has 0 aliphatic rings. The molecule has 0 aliphatic heterocycles. The monoisotopic (exact) mass is 321 g/mol. The Kier molecular flexibility index (Phi) is 4.45. The first-order valence-corrected chi connectivity index (χ1v) is 8.89. The Morgan fingerprint density at radius 1 is 1.33 bits per heavy atom. The molecule has 0 saturated carbocycles. The topological polar surface area (TPSA) is 37.4 Å². The van der Waals surface area contributed by atoms with Crippen LogP contribution in [0.2, 0.25) is 0 Å². The molecule has 0 fully saturated rings. The maximum atomic E-state index is 12.3. The van der Waals surface area contributed by atoms with Gasteiger partial charge in [0, 0.05) is 18.5 Å². The summed E-state index contributed by atoms with van der Waals surface area (Å²) in [6.45, 7) is 0.389. The van der Waals surface area contributed by atoms with E-state index in [4.69, 9.17) is 11.6 Å². The van der Waals surface area contributed by atoms with E-state index in [-0.39, 0.29) is 0 Å². The van der Waals surface area contributed by atoms with Gasteiger partial charge in [0.2, 0.25) is 0 Å². The van der Waals surface area contributed by atoms with E-state index in [0.717, 1.165) is 10.4 Å². The largest absolute Gasteiger partial charge is 0.252 e. The molecule has 2 rings (SSSR count). The quantitative estimate of drug-likeness (QED) is 0.792. The van der Waals surface area contributed by atoms with Crippen LogP contribution in [0, 0.1) is 0 Å². The predicted octanol–water partition coefficient (Wildman–Crippen LogP) is 3.37. The average molecular weight is 322 g/mol. The molecule has 2 aromatic rings. The lowest BCUT2D eigenvalue weighted by Crippen LogP contribution is -2.25. The highest BCUT2D eigenvalue weighted by molar-refractivity contribution is 7.91. The van der Waals surface area contributed by atoms with Crippen LogP contribution in [-0.4, -0.2) is 19.8 Å². The summed E-state index contributed by atoms with van der Waals surface area (Å²) < 4.78 is 26.3. The molecule has 0 aliphatic carbocycles. The van der Waals surface area contributed by atoms with E-state index in [0.29, 0.717) is 16.6 Å². The highest BCUT2D eigenvalue weighted by Gasteiger charge is 2.22. The van der Waals surface area contributed by atoms with Crippen molar-refractivity contribution in [3.8, 4) is 0 Å². The summed E-state index contributed by atoms with van der Waals surface area (Å²) in [6.07, 6.45) is 0. The zero-order valence-corrected chi connectivity index (χ0v) is 12.9. The van der Waals surface area contributed by atoms with Crippen molar-refractivity contribution in [2.45, 2.75) is 16.6 Å². The first-order chi connectivity index (χ1) is 8.54. The molecule has 0 amide bonds. The van der Waals surface area contributed by atoms with Gasteiger partial charge in [-0.25, -0.2) is 8.42 Å². The number of nitrogens with zero attached hydrogens (tertiary/aromatic N) is 1. The van der Waals surface area contributed by atoms with Gasteiger partial charge in [-0.15, -0.1) is 22.9 Å². The van der Waals surface area contributed by atoms with Crippen molar-refractivity contribution in [2.75, 3.05) is 7.05 Å². The SMILES string of the molecule is CN(Cc1ccsc1)S(=O)(=O)c1ccc(CCl)s1. The standard InChI is InChI=1S/C11H12ClNO2S3/c1-13(7-9-4-5-16-8-9)18(14,15)11-3-2-10(6-12)17-11/h2-5,8H,6-7H2,1H3. The molecular weight excluding hydrogens is 310 g/mol. The van der Waals surface area contributed by atoms with Gasteiger partial charge in [-0.1, -0.05) is 0 Å². The van der Waals surface area contributed by atoms with Gasteiger partial charge in [0.1, 0.15) is 4.21 Å². The maximum Gasteiger partial charge on any atom is 0.252 e. The van der Waals surface area contributed by atoms with E-state index >= 15 is 0 Å². The van der Waals surface area contributed by atoms with Gasteiger partial charge in [-0.05, 0) is 34.5 Å². The molecule has 0 N–H and O–H groups in total. The highest BCUT2D eigenvalue weighted by atomic mass is 35.5. The van der Waals surface area contributed by atoms with Crippen LogP contribution in [0.3, 0.4) is 0 Å². The third kappa shape index (κ3) is 2.95. The van der Waals surface area contributed by atoms with Crippen molar-refractivity contribution >= 4 is 44.3 Å². The van der Waals surface area contributed by atoms with Crippen LogP contribution in [-0.2, 0) is 22.4 Å². The van der Waals surface area contributed by atoms with Crippen LogP contribution in [0.4, 0.5) is 0 Å². The molecule has 0 unspecified atom stereocenters. The third-order valence-electron chi connectivity index (χ3n) is 2.42. The Bertz CT molecular complexity index is 604. The number of rotatable bonds is 5. The zero-order chi connectivity index (χ0) is 13.2. The minimum Gasteiger partial charge on any atom is -0.206 e. The van der Waals surface area contributed by atoms with Gasteiger partial charge in [0.25, 0.3) is 10.0 Å². The van der Waals surface area contributed by atoms with E-state index in [1.807, 2.05) is 16.8 Å². The number of alkyl halides is 1. The molecule has 0 bridgehead atoms. The summed E-state index contributed by atoms with van der Waals surface area (Å²) >= 11 is 8.47. The average Bonchev–Trinajstić information content (AvgIpc) is 2.99. The van der Waals surface area contributed by atoms with Gasteiger partial charge in [0.05, 0.1) is 5.88 Å². The van der Waals surface area contributed by atoms with Gasteiger partial charge < -0.3 is 0 Å². The molecule has 0 saturated heterocycles. The predicted molar refractivity (Wildman–Crippen MR) is 76.8 cm³/mol. The molecule has 0 aromatic carbocycles. The van der Waals surface area contributed by atoms with Gasteiger partial charge >= 0.3 is 0 Å². The van der Waals surface area contributed by atoms with E-state index in [2.05, 4.69) is 0 Å². The second-order valence-electron chi connectivity index (χ2n) is 3.75. The van der Waals surface area contributed by atoms with E-state index in [1.54, 1.807) is 30.5 Å². The number of halogens is 1. The molecule has 18 heavy (non-hydrogen) atoms. The van der Waals surface area contributed by atoms with Crippen molar-refractivity contribution < 1.29 is 8.42 Å². The molecule has 2 aromatic heterocycles. The smallest absolute Gasteiger partial charge is 0.206 e. The summed E-state index contributed by atoms with van der Waals surface area (Å²) in [6, 6.07) is 5.29. The lowest BCUT2D eigenvalue weighted by Gasteiger charge is -2.15. The first kappa shape index (κ1) is 14.0. The van der Waals surface area contributed by atoms with Crippen LogP contribution in [0.25, 0.3) is 0 Å².